The number of aromatic nitrogens is 6. The Morgan fingerprint density at radius 2 is 0.405 bits per heavy atom. The third-order valence-electron chi connectivity index (χ3n) is 17.1. The minimum absolute atomic E-state index is 0.655. The summed E-state index contributed by atoms with van der Waals surface area (Å²) in [4.78, 5) is 32.3. The van der Waals surface area contributed by atoms with Gasteiger partial charge in [0.15, 0.2) is 0 Å². The number of rotatable bonds is 9. The second-order valence-electron chi connectivity index (χ2n) is 21.2. The number of benzene rings is 6. The van der Waals surface area contributed by atoms with Gasteiger partial charge in [0.05, 0.1) is 50.4 Å². The monoisotopic (exact) mass is 1010 g/mol. The van der Waals surface area contributed by atoms with Crippen LogP contribution in [0.2, 0.25) is 0 Å². The SMILES string of the molecule is Cc1ccc(C2(c3ccc(N(c4ccc(C5(c6ccc(C)cc6)c6cccnc6-c6ncccc65)cc4)c4ccc(C5(c6ccc(C)cc6)c6cccnc6-c6ncccc65)cc4)cc3)c3cccnc3-c3ncccc32)cc1. The van der Waals surface area contributed by atoms with Gasteiger partial charge in [-0.1, -0.05) is 162 Å². The average Bonchev–Trinajstić information content (AvgIpc) is 3.03. The summed E-state index contributed by atoms with van der Waals surface area (Å²) in [7, 11) is 0. The van der Waals surface area contributed by atoms with Gasteiger partial charge in [0, 0.05) is 54.2 Å². The van der Waals surface area contributed by atoms with E-state index in [1.807, 2.05) is 37.2 Å². The van der Waals surface area contributed by atoms with E-state index in [1.165, 1.54) is 33.4 Å². The molecule has 6 heterocycles. The molecule has 6 aromatic heterocycles. The normalized spacial score (nSPS) is 14.3. The van der Waals surface area contributed by atoms with Gasteiger partial charge in [0.1, 0.15) is 0 Å². The van der Waals surface area contributed by atoms with E-state index in [-0.39, 0.29) is 0 Å². The van der Waals surface area contributed by atoms with Crippen molar-refractivity contribution in [2.45, 2.75) is 37.0 Å². The molecule has 7 nitrogen and oxygen atoms in total. The first kappa shape index (κ1) is 46.3. The molecule has 0 amide bonds. The number of anilines is 3. The average molecular weight is 1010 g/mol. The molecule has 0 fully saturated rings. The molecule has 0 bridgehead atoms. The Labute approximate surface area is 459 Å². The van der Waals surface area contributed by atoms with E-state index in [2.05, 4.69) is 244 Å². The predicted octanol–water partition coefficient (Wildman–Crippen LogP) is 15.5. The molecule has 3 aliphatic rings. The quantitative estimate of drug-likeness (QED) is 0.142. The first-order valence-corrected chi connectivity index (χ1v) is 27.0. The second kappa shape index (κ2) is 17.8. The Balaban J connectivity index is 0.926. The van der Waals surface area contributed by atoms with Crippen LogP contribution in [-0.2, 0) is 16.2 Å². The molecule has 79 heavy (non-hydrogen) atoms. The van der Waals surface area contributed by atoms with Gasteiger partial charge in [-0.3, -0.25) is 29.9 Å². The lowest BCUT2D eigenvalue weighted by Crippen LogP contribution is -2.29. The van der Waals surface area contributed by atoms with Crippen molar-refractivity contribution in [3.05, 3.63) is 339 Å². The lowest BCUT2D eigenvalue weighted by Gasteiger charge is -2.35. The molecular formula is C72H51N7. The van der Waals surface area contributed by atoms with Crippen LogP contribution in [-0.4, -0.2) is 29.9 Å². The summed E-state index contributed by atoms with van der Waals surface area (Å²) in [5, 5.41) is 0. The van der Waals surface area contributed by atoms with Crippen molar-refractivity contribution >= 4 is 17.1 Å². The fourth-order valence-electron chi connectivity index (χ4n) is 13.6. The molecule has 0 saturated carbocycles. The standard InChI is InChI=1S/C72H51N7/c1-46-16-22-49(23-17-46)70(58-10-4-40-73-64(58)65-59(70)11-5-41-74-65)52-28-34-55(35-29-52)79(56-36-30-53(31-37-56)71(50-24-18-47(2)19-25-50)60-12-6-42-75-66(60)67-61(71)13-7-43-76-67)57-38-32-54(33-39-57)72(51-26-20-48(3)21-27-51)62-14-8-44-77-68(62)69-63(72)15-9-45-78-69/h4-45H,1-3H3. The number of fused-ring (bicyclic) bond motifs is 9. The maximum atomic E-state index is 4.98. The van der Waals surface area contributed by atoms with Gasteiger partial charge in [-0.05, 0) is 160 Å². The summed E-state index contributed by atoms with van der Waals surface area (Å²) in [6, 6.07) is 80.0. The van der Waals surface area contributed by atoms with Gasteiger partial charge in [0.2, 0.25) is 0 Å². The summed E-state index contributed by atoms with van der Waals surface area (Å²) in [6.07, 6.45) is 11.3. The molecule has 0 radical (unpaired) electrons. The van der Waals surface area contributed by atoms with Crippen molar-refractivity contribution in [3.8, 4) is 34.2 Å². The van der Waals surface area contributed by atoms with Gasteiger partial charge < -0.3 is 4.90 Å². The highest BCUT2D eigenvalue weighted by molar-refractivity contribution is 5.86. The number of aryl methyl sites for hydroxylation is 3. The summed E-state index contributed by atoms with van der Waals surface area (Å²) in [5.74, 6) is 0. The molecule has 12 aromatic rings. The summed E-state index contributed by atoms with van der Waals surface area (Å²) >= 11 is 0. The maximum Gasteiger partial charge on any atom is 0.0937 e. The van der Waals surface area contributed by atoms with Crippen molar-refractivity contribution in [2.24, 2.45) is 0 Å². The fraction of sp³-hybridized carbons (Fsp3) is 0.0833. The molecule has 0 aliphatic heterocycles. The van der Waals surface area contributed by atoms with E-state index in [1.54, 1.807) is 0 Å². The fourth-order valence-corrected chi connectivity index (χ4v) is 13.6. The van der Waals surface area contributed by atoms with Crippen molar-refractivity contribution in [2.75, 3.05) is 4.90 Å². The molecule has 6 aromatic carbocycles. The molecule has 0 unspecified atom stereocenters. The van der Waals surface area contributed by atoms with Gasteiger partial charge in [-0.2, -0.15) is 0 Å². The van der Waals surface area contributed by atoms with E-state index in [0.717, 1.165) is 101 Å². The molecule has 0 saturated heterocycles. The third kappa shape index (κ3) is 6.60. The molecule has 0 atom stereocenters. The van der Waals surface area contributed by atoms with Gasteiger partial charge in [-0.15, -0.1) is 0 Å². The lowest BCUT2D eigenvalue weighted by atomic mass is 9.68. The highest BCUT2D eigenvalue weighted by Gasteiger charge is 2.50. The van der Waals surface area contributed by atoms with E-state index in [4.69, 9.17) is 29.9 Å². The first-order chi connectivity index (χ1) is 38.9. The maximum absolute atomic E-state index is 4.98. The summed E-state index contributed by atoms with van der Waals surface area (Å²) in [6.45, 7) is 6.43. The Hall–Kier alpha value is -9.98. The zero-order valence-electron chi connectivity index (χ0n) is 43.9. The Kier molecular flexibility index (Phi) is 10.4. The molecule has 15 rings (SSSR count). The zero-order valence-corrected chi connectivity index (χ0v) is 43.9. The highest BCUT2D eigenvalue weighted by atomic mass is 15.1. The molecule has 7 heteroatoms. The Bertz CT molecular complexity index is 3740. The van der Waals surface area contributed by atoms with Crippen LogP contribution in [0.25, 0.3) is 34.2 Å². The van der Waals surface area contributed by atoms with Crippen LogP contribution in [0.15, 0.2) is 256 Å². The van der Waals surface area contributed by atoms with Crippen LogP contribution in [0.5, 0.6) is 0 Å². The predicted molar refractivity (Wildman–Crippen MR) is 314 cm³/mol. The number of nitrogens with zero attached hydrogens (tertiary/aromatic N) is 7. The van der Waals surface area contributed by atoms with Crippen LogP contribution < -0.4 is 4.90 Å². The van der Waals surface area contributed by atoms with Gasteiger partial charge in [-0.25, -0.2) is 0 Å². The van der Waals surface area contributed by atoms with E-state index >= 15 is 0 Å². The molecular weight excluding hydrogens is 963 g/mol. The van der Waals surface area contributed by atoms with Gasteiger partial charge >= 0.3 is 0 Å². The van der Waals surface area contributed by atoms with E-state index in [0.29, 0.717) is 0 Å². The number of hydrogen-bond donors (Lipinski definition) is 0. The smallest absolute Gasteiger partial charge is 0.0937 e. The van der Waals surface area contributed by atoms with Crippen molar-refractivity contribution < 1.29 is 0 Å². The molecule has 0 N–H and O–H groups in total. The van der Waals surface area contributed by atoms with E-state index in [9.17, 15) is 0 Å². The Morgan fingerprint density at radius 1 is 0.228 bits per heavy atom. The first-order valence-electron chi connectivity index (χ1n) is 27.0. The van der Waals surface area contributed by atoms with Crippen LogP contribution in [0.1, 0.15) is 83.5 Å². The van der Waals surface area contributed by atoms with Crippen LogP contribution in [0, 0.1) is 20.8 Å². The summed E-state index contributed by atoms with van der Waals surface area (Å²) < 4.78 is 0. The molecule has 0 spiro atoms. The van der Waals surface area contributed by atoms with E-state index < -0.39 is 16.2 Å². The lowest BCUT2D eigenvalue weighted by molar-refractivity contribution is 0.763. The van der Waals surface area contributed by atoms with Crippen LogP contribution in [0.4, 0.5) is 17.1 Å². The topological polar surface area (TPSA) is 80.6 Å². The minimum atomic E-state index is -0.655. The second-order valence-corrected chi connectivity index (χ2v) is 21.2. The Morgan fingerprint density at radius 3 is 0.595 bits per heavy atom. The van der Waals surface area contributed by atoms with Crippen LogP contribution >= 0.6 is 0 Å². The highest BCUT2D eigenvalue weighted by Crippen LogP contribution is 2.58. The third-order valence-corrected chi connectivity index (χ3v) is 17.1. The van der Waals surface area contributed by atoms with Crippen LogP contribution in [0.3, 0.4) is 0 Å². The minimum Gasteiger partial charge on any atom is -0.311 e. The zero-order chi connectivity index (χ0) is 52.9. The summed E-state index contributed by atoms with van der Waals surface area (Å²) in [5.41, 5.74) is 23.8. The largest absolute Gasteiger partial charge is 0.311 e. The number of hydrogen-bond acceptors (Lipinski definition) is 7. The molecule has 374 valence electrons. The molecule has 3 aliphatic carbocycles. The van der Waals surface area contributed by atoms with Crippen molar-refractivity contribution in [1.29, 1.82) is 0 Å². The van der Waals surface area contributed by atoms with Gasteiger partial charge in [0.25, 0.3) is 0 Å². The van der Waals surface area contributed by atoms with Crippen molar-refractivity contribution in [1.82, 2.24) is 29.9 Å². The van der Waals surface area contributed by atoms with Crippen molar-refractivity contribution in [3.63, 3.8) is 0 Å². The number of pyridine rings is 6.